The van der Waals surface area contributed by atoms with Crippen molar-refractivity contribution in [3.8, 4) is 0 Å². The third kappa shape index (κ3) is 2.35. The van der Waals surface area contributed by atoms with Crippen LogP contribution in [0.2, 0.25) is 0 Å². The molecule has 1 heterocycles. The maximum Gasteiger partial charge on any atom is 0.257 e. The lowest BCUT2D eigenvalue weighted by Crippen LogP contribution is -2.38. The molecule has 3 nitrogen and oxygen atoms in total. The minimum absolute atomic E-state index is 0.0553. The van der Waals surface area contributed by atoms with Crippen LogP contribution in [0.15, 0.2) is 22.7 Å². The number of nitrogens with zero attached hydrogens (tertiary/aromatic N) is 1. The highest BCUT2D eigenvalue weighted by Crippen LogP contribution is 2.24. The zero-order chi connectivity index (χ0) is 12.4. The van der Waals surface area contributed by atoms with Gasteiger partial charge in [0, 0.05) is 6.54 Å². The number of benzene rings is 1. The molecule has 92 valence electrons. The third-order valence-electron chi connectivity index (χ3n) is 3.03. The first-order chi connectivity index (χ1) is 8.15. The Morgan fingerprint density at radius 2 is 2.35 bits per heavy atom. The zero-order valence-corrected chi connectivity index (χ0v) is 10.8. The lowest BCUT2D eigenvalue weighted by molar-refractivity contribution is 0.0673. The van der Waals surface area contributed by atoms with Crippen LogP contribution in [0.25, 0.3) is 0 Å². The lowest BCUT2D eigenvalue weighted by Gasteiger charge is -2.23. The lowest BCUT2D eigenvalue weighted by atomic mass is 10.1. The van der Waals surface area contributed by atoms with Gasteiger partial charge in [0.1, 0.15) is 5.82 Å². The van der Waals surface area contributed by atoms with Gasteiger partial charge in [-0.15, -0.1) is 0 Å². The molecule has 2 rings (SSSR count). The molecule has 0 unspecified atom stereocenters. The molecule has 1 N–H and O–H groups in total. The van der Waals surface area contributed by atoms with E-state index in [0.717, 1.165) is 12.8 Å². The largest absolute Gasteiger partial charge is 0.394 e. The summed E-state index contributed by atoms with van der Waals surface area (Å²) in [6.07, 6.45) is 1.63. The highest BCUT2D eigenvalue weighted by molar-refractivity contribution is 9.10. The van der Waals surface area contributed by atoms with Crippen molar-refractivity contribution in [3.63, 3.8) is 0 Å². The summed E-state index contributed by atoms with van der Waals surface area (Å²) in [6.45, 7) is 0.511. The standard InChI is InChI=1S/C12H13BrFNO2/c13-10-5-1-4-9(11(10)14)12(17)15-6-2-3-8(15)7-16/h1,4-5,8,16H,2-3,6-7H2/t8-/m0/s1. The predicted molar refractivity (Wildman–Crippen MR) is 65.2 cm³/mol. The van der Waals surface area contributed by atoms with Gasteiger partial charge in [-0.25, -0.2) is 4.39 Å². The molecule has 17 heavy (non-hydrogen) atoms. The van der Waals surface area contributed by atoms with Gasteiger partial charge in [-0.3, -0.25) is 4.79 Å². The van der Waals surface area contributed by atoms with E-state index < -0.39 is 5.82 Å². The topological polar surface area (TPSA) is 40.5 Å². The highest BCUT2D eigenvalue weighted by Gasteiger charge is 2.30. The molecule has 0 spiro atoms. The Morgan fingerprint density at radius 1 is 1.59 bits per heavy atom. The van der Waals surface area contributed by atoms with Crippen LogP contribution in [0.4, 0.5) is 4.39 Å². The number of aliphatic hydroxyl groups excluding tert-OH is 1. The van der Waals surface area contributed by atoms with Gasteiger partial charge in [-0.2, -0.15) is 0 Å². The third-order valence-corrected chi connectivity index (χ3v) is 3.64. The van der Waals surface area contributed by atoms with Crippen LogP contribution in [0.5, 0.6) is 0 Å². The van der Waals surface area contributed by atoms with Crippen molar-refractivity contribution in [2.24, 2.45) is 0 Å². The molecule has 0 saturated carbocycles. The average molecular weight is 302 g/mol. The minimum Gasteiger partial charge on any atom is -0.394 e. The van der Waals surface area contributed by atoms with Crippen LogP contribution < -0.4 is 0 Å². The van der Waals surface area contributed by atoms with Gasteiger partial charge >= 0.3 is 0 Å². The van der Waals surface area contributed by atoms with E-state index in [-0.39, 0.29) is 28.6 Å². The van der Waals surface area contributed by atoms with E-state index in [9.17, 15) is 9.18 Å². The molecule has 1 fully saturated rings. The number of hydrogen-bond acceptors (Lipinski definition) is 2. The van der Waals surface area contributed by atoms with Crippen molar-refractivity contribution in [2.45, 2.75) is 18.9 Å². The first kappa shape index (κ1) is 12.5. The molecule has 1 aromatic carbocycles. The Morgan fingerprint density at radius 3 is 3.06 bits per heavy atom. The zero-order valence-electron chi connectivity index (χ0n) is 9.20. The molecule has 0 bridgehead atoms. The Kier molecular flexibility index (Phi) is 3.79. The smallest absolute Gasteiger partial charge is 0.257 e. The summed E-state index contributed by atoms with van der Waals surface area (Å²) in [6, 6.07) is 4.47. The van der Waals surface area contributed by atoms with Crippen LogP contribution in [-0.2, 0) is 0 Å². The van der Waals surface area contributed by atoms with Gasteiger partial charge in [-0.05, 0) is 40.9 Å². The van der Waals surface area contributed by atoms with Crippen LogP contribution in [0.1, 0.15) is 23.2 Å². The molecule has 0 aromatic heterocycles. The van der Waals surface area contributed by atoms with Gasteiger partial charge in [0.05, 0.1) is 22.7 Å². The summed E-state index contributed by atoms with van der Waals surface area (Å²) >= 11 is 3.06. The van der Waals surface area contributed by atoms with Crippen LogP contribution >= 0.6 is 15.9 Å². The SMILES string of the molecule is O=C(c1cccc(Br)c1F)N1CCC[C@H]1CO. The summed E-state index contributed by atoms with van der Waals surface area (Å²) < 4.78 is 14.1. The van der Waals surface area contributed by atoms with Gasteiger partial charge < -0.3 is 10.0 Å². The molecule has 0 radical (unpaired) electrons. The van der Waals surface area contributed by atoms with Crippen molar-refractivity contribution in [2.75, 3.05) is 13.2 Å². The van der Waals surface area contributed by atoms with Gasteiger partial charge in [0.15, 0.2) is 0 Å². The number of halogens is 2. The molecule has 1 atom stereocenters. The molecule has 1 aliphatic rings. The second-order valence-corrected chi connectivity index (χ2v) is 4.93. The number of amides is 1. The average Bonchev–Trinajstić information content (AvgIpc) is 2.80. The number of aliphatic hydroxyl groups is 1. The molecule has 1 saturated heterocycles. The summed E-state index contributed by atoms with van der Waals surface area (Å²) in [4.78, 5) is 13.7. The van der Waals surface area contributed by atoms with Crippen molar-refractivity contribution >= 4 is 21.8 Å². The van der Waals surface area contributed by atoms with Crippen LogP contribution in [0.3, 0.4) is 0 Å². The Balaban J connectivity index is 2.28. The Hall–Kier alpha value is -0.940. The van der Waals surface area contributed by atoms with E-state index in [1.807, 2.05) is 0 Å². The first-order valence-corrected chi connectivity index (χ1v) is 6.30. The number of rotatable bonds is 2. The van der Waals surface area contributed by atoms with Crippen LogP contribution in [-0.4, -0.2) is 35.1 Å². The van der Waals surface area contributed by atoms with Gasteiger partial charge in [-0.1, -0.05) is 6.07 Å². The van der Waals surface area contributed by atoms with Crippen molar-refractivity contribution < 1.29 is 14.3 Å². The maximum atomic E-state index is 13.8. The summed E-state index contributed by atoms with van der Waals surface area (Å²) in [7, 11) is 0. The summed E-state index contributed by atoms with van der Waals surface area (Å²) in [5.74, 6) is -0.888. The van der Waals surface area contributed by atoms with Crippen LogP contribution in [0, 0.1) is 5.82 Å². The van der Waals surface area contributed by atoms with Crippen molar-refractivity contribution in [1.29, 1.82) is 0 Å². The molecule has 0 aliphatic carbocycles. The predicted octanol–water partition coefficient (Wildman–Crippen LogP) is 2.19. The molecule has 1 aromatic rings. The second kappa shape index (κ2) is 5.14. The molecule has 1 aliphatic heterocycles. The first-order valence-electron chi connectivity index (χ1n) is 5.51. The summed E-state index contributed by atoms with van der Waals surface area (Å²) in [5.41, 5.74) is 0.0553. The number of hydrogen-bond donors (Lipinski definition) is 1. The van der Waals surface area contributed by atoms with Gasteiger partial charge in [0.2, 0.25) is 0 Å². The monoisotopic (exact) mass is 301 g/mol. The Labute approximate surface area is 107 Å². The molecule has 5 heteroatoms. The maximum absolute atomic E-state index is 13.8. The van der Waals surface area contributed by atoms with E-state index in [2.05, 4.69) is 15.9 Å². The van der Waals surface area contributed by atoms with E-state index >= 15 is 0 Å². The van der Waals surface area contributed by atoms with E-state index in [4.69, 9.17) is 5.11 Å². The van der Waals surface area contributed by atoms with Crippen molar-refractivity contribution in [3.05, 3.63) is 34.1 Å². The number of carbonyl (C=O) groups excluding carboxylic acids is 1. The molecular formula is C12H13BrFNO2. The molecule has 1 amide bonds. The fourth-order valence-corrected chi connectivity index (χ4v) is 2.48. The molecular weight excluding hydrogens is 289 g/mol. The van der Waals surface area contributed by atoms with E-state index in [1.165, 1.54) is 6.07 Å². The highest BCUT2D eigenvalue weighted by atomic mass is 79.9. The van der Waals surface area contributed by atoms with E-state index in [1.54, 1.807) is 17.0 Å². The van der Waals surface area contributed by atoms with Gasteiger partial charge in [0.25, 0.3) is 5.91 Å². The van der Waals surface area contributed by atoms with E-state index in [0.29, 0.717) is 6.54 Å². The second-order valence-electron chi connectivity index (χ2n) is 4.08. The number of likely N-dealkylation sites (tertiary alicyclic amines) is 1. The normalized spacial score (nSPS) is 19.7. The quantitative estimate of drug-likeness (QED) is 0.910. The fourth-order valence-electron chi connectivity index (χ4n) is 2.12. The minimum atomic E-state index is -0.541. The summed E-state index contributed by atoms with van der Waals surface area (Å²) in [5, 5.41) is 9.16. The number of carbonyl (C=O) groups is 1. The fraction of sp³-hybridized carbons (Fsp3) is 0.417. The van der Waals surface area contributed by atoms with Crippen molar-refractivity contribution in [1.82, 2.24) is 4.90 Å². The Bertz CT molecular complexity index is 439.